The fourth-order valence-corrected chi connectivity index (χ4v) is 0.600. The number of anilines is 1. The molecule has 0 saturated carbocycles. The number of pyridine rings is 1. The summed E-state index contributed by atoms with van der Waals surface area (Å²) in [6, 6.07) is 3.29. The lowest BCUT2D eigenvalue weighted by Crippen LogP contribution is -1.83. The normalized spacial score (nSPS) is 7.08. The lowest BCUT2D eigenvalue weighted by atomic mass is 10.4. The first-order valence-electron chi connectivity index (χ1n) is 4.16. The van der Waals surface area contributed by atoms with Crippen LogP contribution in [0.15, 0.2) is 18.3 Å². The van der Waals surface area contributed by atoms with Gasteiger partial charge in [0.2, 0.25) is 0 Å². The summed E-state index contributed by atoms with van der Waals surface area (Å²) in [5, 5.41) is 0.435. The maximum absolute atomic E-state index is 5.45. The Morgan fingerprint density at radius 2 is 1.75 bits per heavy atom. The average molecular weight is 189 g/mol. The molecular formula is C9H17ClN2. The van der Waals surface area contributed by atoms with Crippen molar-refractivity contribution in [2.24, 2.45) is 0 Å². The van der Waals surface area contributed by atoms with Crippen LogP contribution in [0.4, 0.5) is 5.69 Å². The van der Waals surface area contributed by atoms with Gasteiger partial charge in [-0.05, 0) is 12.1 Å². The van der Waals surface area contributed by atoms with Gasteiger partial charge in [-0.15, -0.1) is 0 Å². The lowest BCUT2D eigenvalue weighted by molar-refractivity contribution is 1.33. The molecule has 1 rings (SSSR count). The average Bonchev–Trinajstić information content (AvgIpc) is 2.11. The number of hydrogen-bond acceptors (Lipinski definition) is 2. The molecule has 2 nitrogen and oxygen atoms in total. The second-order valence-corrected chi connectivity index (χ2v) is 1.80. The Morgan fingerprint density at radius 1 is 1.25 bits per heavy atom. The van der Waals surface area contributed by atoms with Crippen LogP contribution in [0.25, 0.3) is 0 Å². The van der Waals surface area contributed by atoms with Gasteiger partial charge < -0.3 is 5.73 Å². The summed E-state index contributed by atoms with van der Waals surface area (Å²) in [5.74, 6) is 0. The molecule has 12 heavy (non-hydrogen) atoms. The summed E-state index contributed by atoms with van der Waals surface area (Å²) in [7, 11) is 0. The SMILES string of the molecule is CC.CC.Nc1ccnc(Cl)c1. The monoisotopic (exact) mass is 188 g/mol. The summed E-state index contributed by atoms with van der Waals surface area (Å²) in [6.07, 6.45) is 1.57. The van der Waals surface area contributed by atoms with E-state index in [2.05, 4.69) is 4.98 Å². The number of aromatic nitrogens is 1. The summed E-state index contributed by atoms with van der Waals surface area (Å²) >= 11 is 5.45. The van der Waals surface area contributed by atoms with Gasteiger partial charge >= 0.3 is 0 Å². The van der Waals surface area contributed by atoms with E-state index < -0.39 is 0 Å². The Labute approximate surface area is 79.8 Å². The Kier molecular flexibility index (Phi) is 11.8. The molecule has 0 fully saturated rings. The molecule has 0 bridgehead atoms. The first kappa shape index (κ1) is 13.8. The van der Waals surface area contributed by atoms with E-state index in [4.69, 9.17) is 17.3 Å². The van der Waals surface area contributed by atoms with E-state index >= 15 is 0 Å². The molecule has 2 N–H and O–H groups in total. The zero-order valence-corrected chi connectivity index (χ0v) is 8.89. The molecule has 0 amide bonds. The number of nitrogen functional groups attached to an aromatic ring is 1. The fraction of sp³-hybridized carbons (Fsp3) is 0.444. The maximum Gasteiger partial charge on any atom is 0.131 e. The van der Waals surface area contributed by atoms with E-state index in [0.29, 0.717) is 10.8 Å². The van der Waals surface area contributed by atoms with Gasteiger partial charge in [0.1, 0.15) is 5.15 Å². The van der Waals surface area contributed by atoms with Crippen molar-refractivity contribution in [2.75, 3.05) is 5.73 Å². The van der Waals surface area contributed by atoms with Crippen LogP contribution in [-0.4, -0.2) is 4.98 Å². The highest BCUT2D eigenvalue weighted by Crippen LogP contribution is 2.06. The van der Waals surface area contributed by atoms with Crippen LogP contribution < -0.4 is 5.73 Å². The third-order valence-electron chi connectivity index (χ3n) is 0.751. The molecule has 70 valence electrons. The molecule has 0 aliphatic carbocycles. The van der Waals surface area contributed by atoms with Crippen LogP contribution in [0, 0.1) is 0 Å². The Balaban J connectivity index is 0. The molecule has 0 saturated heterocycles. The summed E-state index contributed by atoms with van der Waals surface area (Å²) in [4.78, 5) is 3.73. The van der Waals surface area contributed by atoms with Crippen LogP contribution in [-0.2, 0) is 0 Å². The smallest absolute Gasteiger partial charge is 0.131 e. The van der Waals surface area contributed by atoms with E-state index in [1.54, 1.807) is 18.3 Å². The summed E-state index contributed by atoms with van der Waals surface area (Å²) in [6.45, 7) is 8.00. The van der Waals surface area contributed by atoms with Gasteiger partial charge in [0, 0.05) is 11.9 Å². The van der Waals surface area contributed by atoms with Gasteiger partial charge in [0.15, 0.2) is 0 Å². The third kappa shape index (κ3) is 7.35. The Bertz CT molecular complexity index is 172. The molecule has 0 unspecified atom stereocenters. The molecule has 0 aliphatic heterocycles. The van der Waals surface area contributed by atoms with Gasteiger partial charge in [0.05, 0.1) is 0 Å². The highest BCUT2D eigenvalue weighted by molar-refractivity contribution is 6.29. The van der Waals surface area contributed by atoms with Gasteiger partial charge in [-0.25, -0.2) is 4.98 Å². The third-order valence-corrected chi connectivity index (χ3v) is 0.957. The zero-order valence-electron chi connectivity index (χ0n) is 8.13. The van der Waals surface area contributed by atoms with Crippen LogP contribution >= 0.6 is 11.6 Å². The van der Waals surface area contributed by atoms with Crippen molar-refractivity contribution in [1.29, 1.82) is 0 Å². The quantitative estimate of drug-likeness (QED) is 0.634. The topological polar surface area (TPSA) is 38.9 Å². The largest absolute Gasteiger partial charge is 0.399 e. The second-order valence-electron chi connectivity index (χ2n) is 1.41. The van der Waals surface area contributed by atoms with E-state index in [0.717, 1.165) is 0 Å². The number of nitrogens with zero attached hydrogens (tertiary/aromatic N) is 1. The first-order chi connectivity index (χ1) is 5.79. The Morgan fingerprint density at radius 3 is 2.00 bits per heavy atom. The standard InChI is InChI=1S/C5H5ClN2.2C2H6/c6-5-3-4(7)1-2-8-5;2*1-2/h1-3H,(H2,7,8);2*1-2H3. The molecule has 1 aromatic heterocycles. The summed E-state index contributed by atoms with van der Waals surface area (Å²) < 4.78 is 0. The van der Waals surface area contributed by atoms with E-state index in [1.165, 1.54) is 0 Å². The zero-order chi connectivity index (χ0) is 9.98. The molecule has 3 heteroatoms. The van der Waals surface area contributed by atoms with Crippen molar-refractivity contribution in [2.45, 2.75) is 27.7 Å². The van der Waals surface area contributed by atoms with Crippen LogP contribution in [0.5, 0.6) is 0 Å². The number of nitrogens with two attached hydrogens (primary N) is 1. The number of hydrogen-bond donors (Lipinski definition) is 1. The van der Waals surface area contributed by atoms with Crippen molar-refractivity contribution in [3.05, 3.63) is 23.5 Å². The second kappa shape index (κ2) is 10.2. The molecule has 0 atom stereocenters. The summed E-state index contributed by atoms with van der Waals surface area (Å²) in [5.41, 5.74) is 5.98. The van der Waals surface area contributed by atoms with E-state index in [-0.39, 0.29) is 0 Å². The number of rotatable bonds is 0. The van der Waals surface area contributed by atoms with E-state index in [9.17, 15) is 0 Å². The van der Waals surface area contributed by atoms with Gasteiger partial charge in [0.25, 0.3) is 0 Å². The highest BCUT2D eigenvalue weighted by Gasteiger charge is 1.84. The van der Waals surface area contributed by atoms with Crippen molar-refractivity contribution < 1.29 is 0 Å². The van der Waals surface area contributed by atoms with Gasteiger partial charge in [-0.2, -0.15) is 0 Å². The fourth-order valence-electron chi connectivity index (χ4n) is 0.417. The van der Waals surface area contributed by atoms with Gasteiger partial charge in [-0.3, -0.25) is 0 Å². The Hall–Kier alpha value is -0.760. The van der Waals surface area contributed by atoms with E-state index in [1.807, 2.05) is 27.7 Å². The predicted octanol–water partition coefficient (Wildman–Crippen LogP) is 3.37. The molecule has 1 aromatic rings. The minimum absolute atomic E-state index is 0.435. The minimum atomic E-state index is 0.435. The van der Waals surface area contributed by atoms with Crippen LogP contribution in [0.3, 0.4) is 0 Å². The van der Waals surface area contributed by atoms with Crippen LogP contribution in [0.1, 0.15) is 27.7 Å². The molecule has 0 aliphatic rings. The highest BCUT2D eigenvalue weighted by atomic mass is 35.5. The maximum atomic E-state index is 5.45. The van der Waals surface area contributed by atoms with Gasteiger partial charge in [-0.1, -0.05) is 39.3 Å². The lowest BCUT2D eigenvalue weighted by Gasteiger charge is -1.88. The van der Waals surface area contributed by atoms with Crippen molar-refractivity contribution >= 4 is 17.3 Å². The molecule has 0 radical (unpaired) electrons. The van der Waals surface area contributed by atoms with Crippen LogP contribution in [0.2, 0.25) is 5.15 Å². The van der Waals surface area contributed by atoms with Crippen molar-refractivity contribution in [1.82, 2.24) is 4.98 Å². The minimum Gasteiger partial charge on any atom is -0.399 e. The number of halogens is 1. The molecular weight excluding hydrogens is 172 g/mol. The first-order valence-corrected chi connectivity index (χ1v) is 4.54. The molecule has 0 spiro atoms. The predicted molar refractivity (Wildman–Crippen MR) is 56.4 cm³/mol. The van der Waals surface area contributed by atoms with Crippen molar-refractivity contribution in [3.63, 3.8) is 0 Å². The molecule has 1 heterocycles. The molecule has 0 aromatic carbocycles. The van der Waals surface area contributed by atoms with Crippen molar-refractivity contribution in [3.8, 4) is 0 Å².